The van der Waals surface area contributed by atoms with Gasteiger partial charge < -0.3 is 15.2 Å². The first-order chi connectivity index (χ1) is 8.03. The van der Waals surface area contributed by atoms with Crippen molar-refractivity contribution in [3.05, 3.63) is 28.5 Å². The van der Waals surface area contributed by atoms with Gasteiger partial charge in [-0.15, -0.1) is 0 Å². The second-order valence-electron chi connectivity index (χ2n) is 4.35. The van der Waals surface area contributed by atoms with Crippen molar-refractivity contribution in [1.29, 1.82) is 0 Å². The summed E-state index contributed by atoms with van der Waals surface area (Å²) in [5.41, 5.74) is 0.230. The Morgan fingerprint density at radius 2 is 2.29 bits per heavy atom. The lowest BCUT2D eigenvalue weighted by molar-refractivity contribution is 0.0580. The van der Waals surface area contributed by atoms with E-state index in [-0.39, 0.29) is 0 Å². The molecule has 1 atom stereocenters. The van der Waals surface area contributed by atoms with Gasteiger partial charge in [0.25, 0.3) is 0 Å². The first kappa shape index (κ1) is 14.6. The molecule has 0 bridgehead atoms. The van der Waals surface area contributed by atoms with Gasteiger partial charge in [0.05, 0.1) is 12.2 Å². The molecule has 5 heteroatoms. The molecule has 4 nitrogen and oxygen atoms in total. The quantitative estimate of drug-likeness (QED) is 0.747. The number of nitrogens with one attached hydrogen (secondary N) is 1. The second kappa shape index (κ2) is 7.06. The van der Waals surface area contributed by atoms with E-state index in [1.807, 2.05) is 13.0 Å². The highest BCUT2D eigenvalue weighted by Crippen LogP contribution is 2.15. The molecule has 17 heavy (non-hydrogen) atoms. The molecule has 1 heterocycles. The molecule has 0 aliphatic heterocycles. The zero-order valence-corrected chi connectivity index (χ0v) is 11.8. The molecular formula is C12H19BrN2O2. The van der Waals surface area contributed by atoms with Gasteiger partial charge in [0.15, 0.2) is 0 Å². The standard InChI is InChI=1S/C12H19BrN2O2/c1-12(16,9-14-3-4-17-2)6-10-5-11(13)8-15-7-10/h5,7-8,14,16H,3-4,6,9H2,1-2H3. The molecule has 0 amide bonds. The maximum atomic E-state index is 10.2. The Labute approximate surface area is 111 Å². The molecule has 0 saturated heterocycles. The molecule has 1 aromatic heterocycles. The van der Waals surface area contributed by atoms with Crippen LogP contribution in [0, 0.1) is 0 Å². The van der Waals surface area contributed by atoms with Crippen molar-refractivity contribution < 1.29 is 9.84 Å². The third kappa shape index (κ3) is 6.12. The summed E-state index contributed by atoms with van der Waals surface area (Å²) in [6.07, 6.45) is 4.07. The van der Waals surface area contributed by atoms with E-state index >= 15 is 0 Å². The highest BCUT2D eigenvalue weighted by Gasteiger charge is 2.20. The molecular weight excluding hydrogens is 284 g/mol. The van der Waals surface area contributed by atoms with E-state index in [4.69, 9.17) is 4.74 Å². The molecule has 0 spiro atoms. The predicted octanol–water partition coefficient (Wildman–Crippen LogP) is 1.37. The first-order valence-electron chi connectivity index (χ1n) is 5.55. The van der Waals surface area contributed by atoms with Crippen molar-refractivity contribution in [2.24, 2.45) is 0 Å². The molecule has 0 saturated carbocycles. The van der Waals surface area contributed by atoms with Gasteiger partial charge in [-0.2, -0.15) is 0 Å². The maximum Gasteiger partial charge on any atom is 0.0784 e. The Morgan fingerprint density at radius 3 is 2.94 bits per heavy atom. The number of aliphatic hydroxyl groups is 1. The Kier molecular flexibility index (Phi) is 6.05. The predicted molar refractivity (Wildman–Crippen MR) is 71.0 cm³/mol. The van der Waals surface area contributed by atoms with Crippen molar-refractivity contribution in [2.45, 2.75) is 18.9 Å². The number of methoxy groups -OCH3 is 1. The van der Waals surface area contributed by atoms with Crippen LogP contribution in [-0.4, -0.2) is 42.5 Å². The molecule has 2 N–H and O–H groups in total. The van der Waals surface area contributed by atoms with Crippen LogP contribution in [0.3, 0.4) is 0 Å². The van der Waals surface area contributed by atoms with E-state index in [1.165, 1.54) is 0 Å². The van der Waals surface area contributed by atoms with Crippen molar-refractivity contribution in [1.82, 2.24) is 10.3 Å². The fourth-order valence-electron chi connectivity index (χ4n) is 1.59. The van der Waals surface area contributed by atoms with Gasteiger partial charge in [0.1, 0.15) is 0 Å². The smallest absolute Gasteiger partial charge is 0.0784 e. The lowest BCUT2D eigenvalue weighted by Crippen LogP contribution is -2.40. The van der Waals surface area contributed by atoms with Crippen LogP contribution in [0.25, 0.3) is 0 Å². The van der Waals surface area contributed by atoms with Crippen LogP contribution in [0.15, 0.2) is 22.9 Å². The van der Waals surface area contributed by atoms with E-state index in [0.717, 1.165) is 16.6 Å². The molecule has 1 aromatic rings. The highest BCUT2D eigenvalue weighted by atomic mass is 79.9. The maximum absolute atomic E-state index is 10.2. The molecule has 96 valence electrons. The Bertz CT molecular complexity index is 345. The molecule has 0 radical (unpaired) electrons. The topological polar surface area (TPSA) is 54.4 Å². The van der Waals surface area contributed by atoms with Crippen LogP contribution in [0.5, 0.6) is 0 Å². The van der Waals surface area contributed by atoms with Gasteiger partial charge in [-0.3, -0.25) is 4.98 Å². The Balaban J connectivity index is 2.42. The average molecular weight is 303 g/mol. The first-order valence-corrected chi connectivity index (χ1v) is 6.34. The van der Waals surface area contributed by atoms with E-state index in [0.29, 0.717) is 19.6 Å². The van der Waals surface area contributed by atoms with E-state index in [2.05, 4.69) is 26.2 Å². The van der Waals surface area contributed by atoms with Crippen LogP contribution in [0.2, 0.25) is 0 Å². The minimum atomic E-state index is -0.782. The number of rotatable bonds is 7. The summed E-state index contributed by atoms with van der Waals surface area (Å²) >= 11 is 3.37. The summed E-state index contributed by atoms with van der Waals surface area (Å²) in [5, 5.41) is 13.4. The van der Waals surface area contributed by atoms with Crippen molar-refractivity contribution >= 4 is 15.9 Å². The van der Waals surface area contributed by atoms with Gasteiger partial charge in [-0.05, 0) is 34.5 Å². The monoisotopic (exact) mass is 302 g/mol. The summed E-state index contributed by atoms with van der Waals surface area (Å²) < 4.78 is 5.86. The number of aromatic nitrogens is 1. The number of hydrogen-bond acceptors (Lipinski definition) is 4. The van der Waals surface area contributed by atoms with Crippen LogP contribution in [0.1, 0.15) is 12.5 Å². The third-order valence-electron chi connectivity index (χ3n) is 2.34. The van der Waals surface area contributed by atoms with Gasteiger partial charge in [0.2, 0.25) is 0 Å². The summed E-state index contributed by atoms with van der Waals surface area (Å²) in [6, 6.07) is 1.97. The van der Waals surface area contributed by atoms with E-state index in [9.17, 15) is 5.11 Å². The van der Waals surface area contributed by atoms with Crippen LogP contribution in [-0.2, 0) is 11.2 Å². The average Bonchev–Trinajstić information content (AvgIpc) is 2.24. The Morgan fingerprint density at radius 1 is 1.53 bits per heavy atom. The fourth-order valence-corrected chi connectivity index (χ4v) is 2.00. The van der Waals surface area contributed by atoms with Crippen molar-refractivity contribution in [3.8, 4) is 0 Å². The largest absolute Gasteiger partial charge is 0.389 e. The minimum Gasteiger partial charge on any atom is -0.389 e. The molecule has 1 unspecified atom stereocenters. The molecule has 0 fully saturated rings. The number of hydrogen-bond donors (Lipinski definition) is 2. The minimum absolute atomic E-state index is 0.531. The van der Waals surface area contributed by atoms with Crippen LogP contribution >= 0.6 is 15.9 Å². The van der Waals surface area contributed by atoms with Crippen LogP contribution < -0.4 is 5.32 Å². The summed E-state index contributed by atoms with van der Waals surface area (Å²) in [4.78, 5) is 4.08. The van der Waals surface area contributed by atoms with Crippen LogP contribution in [0.4, 0.5) is 0 Å². The van der Waals surface area contributed by atoms with Gasteiger partial charge >= 0.3 is 0 Å². The van der Waals surface area contributed by atoms with E-state index < -0.39 is 5.60 Å². The zero-order chi connectivity index (χ0) is 12.7. The molecule has 1 rings (SSSR count). The number of nitrogens with zero attached hydrogens (tertiary/aromatic N) is 1. The number of halogens is 1. The SMILES string of the molecule is COCCNCC(C)(O)Cc1cncc(Br)c1. The lowest BCUT2D eigenvalue weighted by atomic mass is 9.97. The summed E-state index contributed by atoms with van der Waals surface area (Å²) in [7, 11) is 1.66. The van der Waals surface area contributed by atoms with Crippen molar-refractivity contribution in [2.75, 3.05) is 26.8 Å². The summed E-state index contributed by atoms with van der Waals surface area (Å²) in [6.45, 7) is 3.73. The highest BCUT2D eigenvalue weighted by molar-refractivity contribution is 9.10. The van der Waals surface area contributed by atoms with E-state index in [1.54, 1.807) is 19.5 Å². The second-order valence-corrected chi connectivity index (χ2v) is 5.27. The Hall–Kier alpha value is -0.490. The number of ether oxygens (including phenoxy) is 1. The molecule has 0 aliphatic carbocycles. The van der Waals surface area contributed by atoms with Crippen molar-refractivity contribution in [3.63, 3.8) is 0 Å². The zero-order valence-electron chi connectivity index (χ0n) is 10.2. The normalized spacial score (nSPS) is 14.6. The lowest BCUT2D eigenvalue weighted by Gasteiger charge is -2.23. The van der Waals surface area contributed by atoms with Gasteiger partial charge in [-0.1, -0.05) is 0 Å². The molecule has 0 aliphatic rings. The van der Waals surface area contributed by atoms with Gasteiger partial charge in [0, 0.05) is 43.5 Å². The van der Waals surface area contributed by atoms with Gasteiger partial charge in [-0.25, -0.2) is 0 Å². The third-order valence-corrected chi connectivity index (χ3v) is 2.77. The molecule has 0 aromatic carbocycles. The summed E-state index contributed by atoms with van der Waals surface area (Å²) in [5.74, 6) is 0. The fraction of sp³-hybridized carbons (Fsp3) is 0.583. The number of pyridine rings is 1.